The third kappa shape index (κ3) is 3.83. The summed E-state index contributed by atoms with van der Waals surface area (Å²) in [5, 5.41) is 13.2. The van der Waals surface area contributed by atoms with Gasteiger partial charge in [-0.3, -0.25) is 14.2 Å². The van der Waals surface area contributed by atoms with Gasteiger partial charge in [0.05, 0.1) is 28.5 Å². The molecule has 0 radical (unpaired) electrons. The number of nitrogens with one attached hydrogen (secondary N) is 1. The molecule has 0 fully saturated rings. The molecule has 0 saturated heterocycles. The van der Waals surface area contributed by atoms with E-state index in [1.165, 1.54) is 0 Å². The smallest absolute Gasteiger partial charge is 0.252 e. The fourth-order valence-electron chi connectivity index (χ4n) is 4.18. The van der Waals surface area contributed by atoms with Gasteiger partial charge in [0.15, 0.2) is 0 Å². The lowest BCUT2D eigenvalue weighted by atomic mass is 10.0. The Morgan fingerprint density at radius 1 is 1.10 bits per heavy atom. The highest BCUT2D eigenvalue weighted by Gasteiger charge is 2.23. The molecule has 0 bridgehead atoms. The van der Waals surface area contributed by atoms with Crippen molar-refractivity contribution < 1.29 is 4.79 Å². The fraction of sp³-hybridized carbons (Fsp3) is 0.333. The van der Waals surface area contributed by atoms with E-state index in [-0.39, 0.29) is 11.9 Å². The van der Waals surface area contributed by atoms with Crippen molar-refractivity contribution in [2.24, 2.45) is 7.05 Å². The van der Waals surface area contributed by atoms with Gasteiger partial charge < -0.3 is 5.32 Å². The van der Waals surface area contributed by atoms with Gasteiger partial charge in [-0.25, -0.2) is 4.98 Å². The molecule has 1 N–H and O–H groups in total. The van der Waals surface area contributed by atoms with Crippen molar-refractivity contribution in [1.82, 2.24) is 29.9 Å². The molecule has 4 rings (SSSR count). The second kappa shape index (κ2) is 8.34. The molecule has 0 aliphatic carbocycles. The lowest BCUT2D eigenvalue weighted by Gasteiger charge is -2.19. The fourth-order valence-corrected chi connectivity index (χ4v) is 4.18. The third-order valence-electron chi connectivity index (χ3n) is 5.74. The quantitative estimate of drug-likeness (QED) is 0.507. The first kappa shape index (κ1) is 20.8. The lowest BCUT2D eigenvalue weighted by Crippen LogP contribution is -2.29. The summed E-state index contributed by atoms with van der Waals surface area (Å²) in [5.41, 5.74) is 5.95. The number of hydrogen-bond acceptors (Lipinski definition) is 4. The lowest BCUT2D eigenvalue weighted by molar-refractivity contribution is 0.0937. The number of benzene rings is 1. The number of hydrogen-bond donors (Lipinski definition) is 1. The summed E-state index contributed by atoms with van der Waals surface area (Å²) in [7, 11) is 1.87. The Morgan fingerprint density at radius 3 is 2.52 bits per heavy atom. The Balaban J connectivity index is 1.75. The first-order chi connectivity index (χ1) is 14.9. The Labute approximate surface area is 182 Å². The highest BCUT2D eigenvalue weighted by molar-refractivity contribution is 6.07. The highest BCUT2D eigenvalue weighted by atomic mass is 16.1. The van der Waals surface area contributed by atoms with Gasteiger partial charge in [0.25, 0.3) is 5.91 Å². The number of aromatic nitrogens is 5. The van der Waals surface area contributed by atoms with Gasteiger partial charge in [-0.15, -0.1) is 0 Å². The van der Waals surface area contributed by atoms with Crippen molar-refractivity contribution in [3.63, 3.8) is 0 Å². The molecule has 1 amide bonds. The van der Waals surface area contributed by atoms with E-state index >= 15 is 0 Å². The number of fused-ring (bicyclic) bond motifs is 1. The summed E-state index contributed by atoms with van der Waals surface area (Å²) < 4.78 is 3.72. The standard InChI is InChI=1S/C24H28N6O/c1-6-19(23-15(3)27-30(7-2)16(23)4)26-24(31)18-14-22(21-12-13-29(5)28-21)25-20-11-9-8-10-17(18)20/h8-14,19H,6-7H2,1-5H3,(H,26,31)/t19-/m0/s1. The van der Waals surface area contributed by atoms with Gasteiger partial charge in [0.1, 0.15) is 5.69 Å². The molecule has 1 aromatic carbocycles. The van der Waals surface area contributed by atoms with Crippen LogP contribution in [0.4, 0.5) is 0 Å². The molecule has 0 aliphatic heterocycles. The van der Waals surface area contributed by atoms with Gasteiger partial charge in [0.2, 0.25) is 0 Å². The van der Waals surface area contributed by atoms with Gasteiger partial charge in [-0.2, -0.15) is 10.2 Å². The van der Waals surface area contributed by atoms with Gasteiger partial charge in [-0.1, -0.05) is 25.1 Å². The van der Waals surface area contributed by atoms with Crippen molar-refractivity contribution in [2.45, 2.75) is 46.7 Å². The Kier molecular flexibility index (Phi) is 5.59. The largest absolute Gasteiger partial charge is 0.345 e. The zero-order chi connectivity index (χ0) is 22.1. The van der Waals surface area contributed by atoms with Crippen molar-refractivity contribution in [3.8, 4) is 11.4 Å². The van der Waals surface area contributed by atoms with E-state index in [4.69, 9.17) is 4.98 Å². The minimum absolute atomic E-state index is 0.113. The summed E-state index contributed by atoms with van der Waals surface area (Å²) in [6.07, 6.45) is 2.65. The van der Waals surface area contributed by atoms with Crippen LogP contribution in [0.3, 0.4) is 0 Å². The van der Waals surface area contributed by atoms with Crippen LogP contribution < -0.4 is 5.32 Å². The molecule has 0 saturated carbocycles. The Morgan fingerprint density at radius 2 is 1.87 bits per heavy atom. The average molecular weight is 417 g/mol. The van der Waals surface area contributed by atoms with Gasteiger partial charge in [-0.05, 0) is 45.4 Å². The molecule has 7 nitrogen and oxygen atoms in total. The summed E-state index contributed by atoms with van der Waals surface area (Å²) in [5.74, 6) is -0.120. The Hall–Kier alpha value is -3.48. The molecule has 160 valence electrons. The maximum absolute atomic E-state index is 13.5. The second-order valence-corrected chi connectivity index (χ2v) is 7.78. The molecule has 1 atom stereocenters. The summed E-state index contributed by atoms with van der Waals surface area (Å²) in [6.45, 7) is 9.03. The first-order valence-corrected chi connectivity index (χ1v) is 10.7. The minimum Gasteiger partial charge on any atom is -0.345 e. The number of nitrogens with zero attached hydrogens (tertiary/aromatic N) is 5. The normalized spacial score (nSPS) is 12.3. The highest BCUT2D eigenvalue weighted by Crippen LogP contribution is 2.27. The zero-order valence-electron chi connectivity index (χ0n) is 18.7. The number of pyridine rings is 1. The second-order valence-electron chi connectivity index (χ2n) is 7.78. The molecule has 7 heteroatoms. The maximum Gasteiger partial charge on any atom is 0.252 e. The van der Waals surface area contributed by atoms with Gasteiger partial charge >= 0.3 is 0 Å². The van der Waals surface area contributed by atoms with E-state index in [2.05, 4.69) is 36.3 Å². The topological polar surface area (TPSA) is 77.6 Å². The van der Waals surface area contributed by atoms with Crippen molar-refractivity contribution in [2.75, 3.05) is 0 Å². The molecule has 31 heavy (non-hydrogen) atoms. The van der Waals surface area contributed by atoms with E-state index in [0.29, 0.717) is 11.3 Å². The van der Waals surface area contributed by atoms with Crippen LogP contribution in [-0.4, -0.2) is 30.5 Å². The monoisotopic (exact) mass is 416 g/mol. The van der Waals surface area contributed by atoms with Crippen molar-refractivity contribution in [1.29, 1.82) is 0 Å². The maximum atomic E-state index is 13.5. The van der Waals surface area contributed by atoms with Crippen LogP contribution in [-0.2, 0) is 13.6 Å². The van der Waals surface area contributed by atoms with Crippen LogP contribution in [0.15, 0.2) is 42.6 Å². The number of carbonyl (C=O) groups is 1. The van der Waals surface area contributed by atoms with E-state index < -0.39 is 0 Å². The number of aryl methyl sites for hydroxylation is 3. The van der Waals surface area contributed by atoms with Crippen LogP contribution in [0.2, 0.25) is 0 Å². The Bertz CT molecular complexity index is 1250. The van der Waals surface area contributed by atoms with Crippen molar-refractivity contribution in [3.05, 3.63) is 65.1 Å². The van der Waals surface area contributed by atoms with E-state index in [9.17, 15) is 4.79 Å². The van der Waals surface area contributed by atoms with E-state index in [0.717, 1.165) is 46.5 Å². The predicted molar refractivity (Wildman–Crippen MR) is 122 cm³/mol. The van der Waals surface area contributed by atoms with Crippen LogP contribution in [0.25, 0.3) is 22.3 Å². The molecule has 0 spiro atoms. The molecule has 0 aliphatic rings. The van der Waals surface area contributed by atoms with Crippen LogP contribution in [0.5, 0.6) is 0 Å². The molecular weight excluding hydrogens is 388 g/mol. The summed E-state index contributed by atoms with van der Waals surface area (Å²) >= 11 is 0. The molecular formula is C24H28N6O. The van der Waals surface area contributed by atoms with Crippen LogP contribution >= 0.6 is 0 Å². The van der Waals surface area contributed by atoms with Crippen molar-refractivity contribution >= 4 is 16.8 Å². The SMILES string of the molecule is CC[C@H](NC(=O)c1cc(-c2ccn(C)n2)nc2ccccc12)c1c(C)nn(CC)c1C. The summed E-state index contributed by atoms with van der Waals surface area (Å²) in [6, 6.07) is 11.3. The molecule has 3 aromatic heterocycles. The predicted octanol–water partition coefficient (Wildman–Crippen LogP) is 4.35. The first-order valence-electron chi connectivity index (χ1n) is 10.7. The van der Waals surface area contributed by atoms with Gasteiger partial charge in [0, 0.05) is 36.4 Å². The van der Waals surface area contributed by atoms with Crippen LogP contribution in [0, 0.1) is 13.8 Å². The summed E-state index contributed by atoms with van der Waals surface area (Å²) in [4.78, 5) is 18.2. The number of para-hydroxylation sites is 1. The van der Waals surface area contributed by atoms with Crippen LogP contribution in [0.1, 0.15) is 53.6 Å². The number of carbonyl (C=O) groups excluding carboxylic acids is 1. The molecule has 3 heterocycles. The van der Waals surface area contributed by atoms with E-state index in [1.807, 2.05) is 61.2 Å². The van der Waals surface area contributed by atoms with E-state index in [1.54, 1.807) is 4.68 Å². The number of amides is 1. The zero-order valence-corrected chi connectivity index (χ0v) is 18.7. The average Bonchev–Trinajstić information content (AvgIpc) is 3.33. The minimum atomic E-state index is -0.120. The molecule has 4 aromatic rings. The number of rotatable bonds is 6. The third-order valence-corrected chi connectivity index (χ3v) is 5.74. The molecule has 0 unspecified atom stereocenters.